The van der Waals surface area contributed by atoms with Crippen LogP contribution in [0, 0.1) is 5.41 Å². The molecule has 1 aliphatic carbocycles. The fraction of sp³-hybridized carbons (Fsp3) is 0.658. The van der Waals surface area contributed by atoms with E-state index in [1.165, 1.54) is 24.0 Å². The molecule has 2 aromatic heterocycles. The Morgan fingerprint density at radius 3 is 2.51 bits per heavy atom. The minimum Gasteiger partial charge on any atom is -0.447 e. The average molecular weight is 648 g/mol. The summed E-state index contributed by atoms with van der Waals surface area (Å²) in [5.41, 5.74) is 7.24. The summed E-state index contributed by atoms with van der Waals surface area (Å²) in [6.45, 7) is 16.6. The highest BCUT2D eigenvalue weighted by Gasteiger charge is 2.36. The average Bonchev–Trinajstić information content (AvgIpc) is 3.75. The highest BCUT2D eigenvalue weighted by Crippen LogP contribution is 2.42. The Balaban J connectivity index is 0.00000213. The predicted molar refractivity (Wildman–Crippen MR) is 192 cm³/mol. The molecule has 2 atom stereocenters. The number of hydrogen-bond donors (Lipinski definition) is 2. The van der Waals surface area contributed by atoms with Crippen molar-refractivity contribution in [3.8, 4) is 11.3 Å². The quantitative estimate of drug-likeness (QED) is 0.221. The van der Waals surface area contributed by atoms with E-state index >= 15 is 0 Å². The van der Waals surface area contributed by atoms with Crippen LogP contribution in [0.15, 0.2) is 30.5 Å². The van der Waals surface area contributed by atoms with Crippen molar-refractivity contribution in [1.29, 1.82) is 0 Å². The number of aliphatic hydroxyl groups excluding tert-OH is 1. The van der Waals surface area contributed by atoms with Crippen LogP contribution in [-0.2, 0) is 27.2 Å². The van der Waals surface area contributed by atoms with Crippen LogP contribution in [0.4, 0.5) is 0 Å². The number of hydrogen-bond acceptors (Lipinski definition) is 7. The van der Waals surface area contributed by atoms with Crippen molar-refractivity contribution in [1.82, 2.24) is 14.5 Å². The maximum absolute atomic E-state index is 10.6. The molecule has 2 unspecified atom stereocenters. The third-order valence-electron chi connectivity index (χ3n) is 10.3. The molecule has 2 N–H and O–H groups in total. The number of likely N-dealkylation sites (tertiary alicyclic amines) is 1. The second-order valence-electron chi connectivity index (χ2n) is 14.4. The molecule has 3 fully saturated rings. The van der Waals surface area contributed by atoms with Crippen LogP contribution in [0.3, 0.4) is 0 Å². The number of aromatic nitrogens is 2. The zero-order valence-electron chi connectivity index (χ0n) is 29.9. The van der Waals surface area contributed by atoms with E-state index < -0.39 is 6.92 Å². The highest BCUT2D eigenvalue weighted by molar-refractivity contribution is 6.65. The summed E-state index contributed by atoms with van der Waals surface area (Å²) in [6.07, 6.45) is 8.43. The minimum absolute atomic E-state index is 0.0702. The number of ether oxygens (including phenoxy) is 3. The van der Waals surface area contributed by atoms with Crippen molar-refractivity contribution >= 4 is 23.3 Å². The van der Waals surface area contributed by atoms with Crippen molar-refractivity contribution < 1.29 is 24.3 Å². The minimum atomic E-state index is -0.581. The van der Waals surface area contributed by atoms with E-state index in [2.05, 4.69) is 54.6 Å². The molecule has 3 aromatic rings. The highest BCUT2D eigenvalue weighted by atomic mass is 16.5. The Kier molecular flexibility index (Phi) is 12.2. The molecule has 2 aliphatic heterocycles. The van der Waals surface area contributed by atoms with E-state index in [4.69, 9.17) is 19.2 Å². The van der Waals surface area contributed by atoms with Gasteiger partial charge in [0.2, 0.25) is 0 Å². The summed E-state index contributed by atoms with van der Waals surface area (Å²) < 4.78 is 20.3. The maximum Gasteiger partial charge on any atom is 0.320 e. The molecule has 0 radical (unpaired) electrons. The molecule has 3 aliphatic rings. The van der Waals surface area contributed by atoms with Gasteiger partial charge in [-0.15, -0.1) is 0 Å². The number of benzene rings is 1. The molecule has 6 rings (SSSR count). The molecule has 2 saturated heterocycles. The molecule has 0 bridgehead atoms. The third-order valence-corrected chi connectivity index (χ3v) is 10.3. The zero-order valence-corrected chi connectivity index (χ0v) is 29.9. The van der Waals surface area contributed by atoms with E-state index in [0.717, 1.165) is 84.9 Å². The third kappa shape index (κ3) is 8.31. The van der Waals surface area contributed by atoms with Crippen molar-refractivity contribution in [2.45, 2.75) is 111 Å². The number of fused-ring (bicyclic) bond motifs is 1. The Morgan fingerprint density at radius 2 is 1.85 bits per heavy atom. The summed E-state index contributed by atoms with van der Waals surface area (Å²) in [5, 5.41) is 22.2. The summed E-state index contributed by atoms with van der Waals surface area (Å²) in [5.74, 6) is 0.456. The smallest absolute Gasteiger partial charge is 0.320 e. The Labute approximate surface area is 282 Å². The number of pyridine rings is 1. The van der Waals surface area contributed by atoms with E-state index in [0.29, 0.717) is 25.5 Å². The molecule has 1 saturated carbocycles. The molecule has 0 spiro atoms. The SMILES string of the molecule is CC.COC(C)c1ncc(C2CCN(C3CC3)C2)cc1-c1c(CC(C)(C)CO)c2cc(B(C)O)ccc2n1CCOC1CCOCC1. The van der Waals surface area contributed by atoms with Gasteiger partial charge in [0.15, 0.2) is 0 Å². The molecule has 8 nitrogen and oxygen atoms in total. The Bertz CT molecular complexity index is 1460. The van der Waals surface area contributed by atoms with Crippen molar-refractivity contribution in [3.05, 3.63) is 47.3 Å². The first-order chi connectivity index (χ1) is 22.7. The standard InChI is InChI=1S/C36H52BN3O5.C2H6/c1-24(43-5)34-31(18-26(21-38-34)25-10-13-39(22-25)28-7-8-28)35-32(20-36(2,3)23-41)30-19-27(37(4)42)6-9-33(30)40(35)14-17-45-29-11-15-44-16-12-29;1-2/h6,9,18-19,21,24-25,28-29,41-42H,7-8,10-17,20,22-23H2,1-5H3;1-2H3. The van der Waals surface area contributed by atoms with E-state index in [1.807, 2.05) is 26.7 Å². The largest absolute Gasteiger partial charge is 0.447 e. The Hall–Kier alpha value is -2.27. The van der Waals surface area contributed by atoms with Gasteiger partial charge in [-0.1, -0.05) is 46.7 Å². The summed E-state index contributed by atoms with van der Waals surface area (Å²) in [4.78, 5) is 7.79. The fourth-order valence-corrected chi connectivity index (χ4v) is 7.28. The zero-order chi connectivity index (χ0) is 33.7. The van der Waals surface area contributed by atoms with Crippen LogP contribution in [0.1, 0.15) is 95.6 Å². The molecule has 258 valence electrons. The molecule has 0 amide bonds. The molecular formula is C38H58BN3O5. The van der Waals surface area contributed by atoms with E-state index in [9.17, 15) is 10.1 Å². The van der Waals surface area contributed by atoms with Crippen molar-refractivity contribution in [2.24, 2.45) is 5.41 Å². The summed E-state index contributed by atoms with van der Waals surface area (Å²) in [7, 11) is 1.75. The topological polar surface area (TPSA) is 89.2 Å². The number of nitrogens with zero attached hydrogens (tertiary/aromatic N) is 3. The van der Waals surface area contributed by atoms with Gasteiger partial charge in [-0.05, 0) is 92.0 Å². The van der Waals surface area contributed by atoms with Gasteiger partial charge in [0.05, 0.1) is 30.2 Å². The molecule has 1 aromatic carbocycles. The van der Waals surface area contributed by atoms with Crippen LogP contribution in [0.5, 0.6) is 0 Å². The van der Waals surface area contributed by atoms with Crippen LogP contribution in [0.2, 0.25) is 6.82 Å². The normalized spacial score (nSPS) is 20.0. The van der Waals surface area contributed by atoms with Gasteiger partial charge >= 0.3 is 6.92 Å². The first-order valence-electron chi connectivity index (χ1n) is 18.1. The van der Waals surface area contributed by atoms with Gasteiger partial charge < -0.3 is 28.9 Å². The lowest BCUT2D eigenvalue weighted by Crippen LogP contribution is -2.26. The molecule has 47 heavy (non-hydrogen) atoms. The number of aliphatic hydroxyl groups is 1. The van der Waals surface area contributed by atoms with Crippen molar-refractivity contribution in [2.75, 3.05) is 46.6 Å². The number of methoxy groups -OCH3 is 1. The van der Waals surface area contributed by atoms with Gasteiger partial charge in [-0.25, -0.2) is 0 Å². The van der Waals surface area contributed by atoms with Gasteiger partial charge in [-0.3, -0.25) is 9.88 Å². The van der Waals surface area contributed by atoms with E-state index in [1.54, 1.807) is 7.11 Å². The Morgan fingerprint density at radius 1 is 1.11 bits per heavy atom. The van der Waals surface area contributed by atoms with Crippen molar-refractivity contribution in [3.63, 3.8) is 0 Å². The predicted octanol–water partition coefficient (Wildman–Crippen LogP) is 5.97. The van der Waals surface area contributed by atoms with Gasteiger partial charge in [-0.2, -0.15) is 0 Å². The second kappa shape index (κ2) is 16.0. The first-order valence-corrected chi connectivity index (χ1v) is 18.1. The summed E-state index contributed by atoms with van der Waals surface area (Å²) in [6, 6.07) is 9.47. The second-order valence-corrected chi connectivity index (χ2v) is 14.4. The monoisotopic (exact) mass is 647 g/mol. The molecular weight excluding hydrogens is 589 g/mol. The first kappa shape index (κ1) is 36.0. The van der Waals surface area contributed by atoms with Crippen LogP contribution in [0.25, 0.3) is 22.2 Å². The van der Waals surface area contributed by atoms with Crippen LogP contribution >= 0.6 is 0 Å². The van der Waals surface area contributed by atoms with E-state index in [-0.39, 0.29) is 24.2 Å². The lowest BCUT2D eigenvalue weighted by molar-refractivity contribution is -0.0336. The molecule has 9 heteroatoms. The van der Waals surface area contributed by atoms with Gasteiger partial charge in [0.1, 0.15) is 0 Å². The van der Waals surface area contributed by atoms with Gasteiger partial charge in [0.25, 0.3) is 0 Å². The fourth-order valence-electron chi connectivity index (χ4n) is 7.28. The molecule has 4 heterocycles. The number of rotatable bonds is 13. The lowest BCUT2D eigenvalue weighted by atomic mass is 9.64. The lowest BCUT2D eigenvalue weighted by Gasteiger charge is -2.25. The maximum atomic E-state index is 10.6. The van der Waals surface area contributed by atoms with Crippen LogP contribution in [-0.4, -0.2) is 90.3 Å². The van der Waals surface area contributed by atoms with Crippen LogP contribution < -0.4 is 5.46 Å². The summed E-state index contributed by atoms with van der Waals surface area (Å²) >= 11 is 0. The van der Waals surface area contributed by atoms with Gasteiger partial charge in [0, 0.05) is 68.7 Å².